The minimum atomic E-state index is 0.135. The molecular weight excluding hydrogens is 270 g/mol. The molecule has 0 saturated heterocycles. The molecule has 0 unspecified atom stereocenters. The average molecular weight is 291 g/mol. The molecule has 0 fully saturated rings. The van der Waals surface area contributed by atoms with E-state index < -0.39 is 0 Å². The van der Waals surface area contributed by atoms with Gasteiger partial charge in [0.1, 0.15) is 5.75 Å². The zero-order valence-corrected chi connectivity index (χ0v) is 13.6. The van der Waals surface area contributed by atoms with E-state index in [0.717, 1.165) is 16.9 Å². The van der Waals surface area contributed by atoms with Crippen LogP contribution in [0.25, 0.3) is 11.6 Å². The largest absolute Gasteiger partial charge is 0.497 e. The van der Waals surface area contributed by atoms with Gasteiger partial charge in [0, 0.05) is 0 Å². The zero-order chi connectivity index (χ0) is 16.2. The van der Waals surface area contributed by atoms with Crippen molar-refractivity contribution in [2.45, 2.75) is 26.2 Å². The number of nitrogens with zero attached hydrogens (tertiary/aromatic N) is 1. The van der Waals surface area contributed by atoms with E-state index in [-0.39, 0.29) is 5.41 Å². The lowest BCUT2D eigenvalue weighted by Gasteiger charge is -2.18. The van der Waals surface area contributed by atoms with Gasteiger partial charge in [-0.15, -0.1) is 0 Å². The lowest BCUT2D eigenvalue weighted by Crippen LogP contribution is -2.10. The van der Waals surface area contributed by atoms with Crippen LogP contribution >= 0.6 is 0 Å². The molecule has 0 aliphatic rings. The predicted molar refractivity (Wildman–Crippen MR) is 91.6 cm³/mol. The van der Waals surface area contributed by atoms with Gasteiger partial charge in [0.2, 0.25) is 0 Å². The molecule has 2 aromatic rings. The fourth-order valence-electron chi connectivity index (χ4n) is 2.20. The minimum absolute atomic E-state index is 0.135. The molecule has 0 aromatic heterocycles. The molecule has 0 aliphatic carbocycles. The van der Waals surface area contributed by atoms with Crippen LogP contribution in [-0.2, 0) is 5.41 Å². The fraction of sp³-hybridized carbons (Fsp3) is 0.250. The maximum absolute atomic E-state index is 9.40. The van der Waals surface area contributed by atoms with E-state index in [1.807, 2.05) is 30.3 Å². The van der Waals surface area contributed by atoms with Gasteiger partial charge < -0.3 is 4.74 Å². The Balaban J connectivity index is 2.30. The fourth-order valence-corrected chi connectivity index (χ4v) is 2.20. The first-order valence-corrected chi connectivity index (χ1v) is 7.31. The number of rotatable bonds is 3. The number of benzene rings is 2. The number of hydrogen-bond acceptors (Lipinski definition) is 2. The summed E-state index contributed by atoms with van der Waals surface area (Å²) < 4.78 is 5.14. The van der Waals surface area contributed by atoms with E-state index in [4.69, 9.17) is 4.74 Å². The molecule has 2 heteroatoms. The zero-order valence-electron chi connectivity index (χ0n) is 13.6. The van der Waals surface area contributed by atoms with Crippen molar-refractivity contribution in [1.29, 1.82) is 5.26 Å². The summed E-state index contributed by atoms with van der Waals surface area (Å²) in [6.07, 6.45) is 1.91. The summed E-state index contributed by atoms with van der Waals surface area (Å²) in [5.41, 5.74) is 3.98. The van der Waals surface area contributed by atoms with Crippen LogP contribution in [0.3, 0.4) is 0 Å². The second-order valence-corrected chi connectivity index (χ2v) is 6.27. The summed E-state index contributed by atoms with van der Waals surface area (Å²) in [6, 6.07) is 18.2. The normalized spacial score (nSPS) is 11.9. The standard InChI is InChI=1S/C20H21NO/c1-20(2,3)18-9-5-15(6-10-18)13-17(14-21)16-7-11-19(22-4)12-8-16/h5-13H,1-4H3. The molecule has 0 atom stereocenters. The molecule has 2 nitrogen and oxygen atoms in total. The van der Waals surface area contributed by atoms with Crippen LogP contribution in [0.5, 0.6) is 5.75 Å². The average Bonchev–Trinajstić information content (AvgIpc) is 2.52. The lowest BCUT2D eigenvalue weighted by molar-refractivity contribution is 0.415. The highest BCUT2D eigenvalue weighted by molar-refractivity contribution is 5.89. The van der Waals surface area contributed by atoms with Gasteiger partial charge in [-0.2, -0.15) is 5.26 Å². The Hall–Kier alpha value is -2.53. The topological polar surface area (TPSA) is 33.0 Å². The maximum Gasteiger partial charge on any atom is 0.118 e. The van der Waals surface area contributed by atoms with Crippen molar-refractivity contribution >= 4 is 11.6 Å². The molecule has 0 radical (unpaired) electrons. The molecule has 0 saturated carbocycles. The van der Waals surface area contributed by atoms with Gasteiger partial charge in [-0.1, -0.05) is 45.0 Å². The van der Waals surface area contributed by atoms with Gasteiger partial charge in [0.15, 0.2) is 0 Å². The highest BCUT2D eigenvalue weighted by Gasteiger charge is 2.12. The second-order valence-electron chi connectivity index (χ2n) is 6.27. The van der Waals surface area contributed by atoms with E-state index >= 15 is 0 Å². The van der Waals surface area contributed by atoms with Crippen molar-refractivity contribution in [3.8, 4) is 11.8 Å². The van der Waals surface area contributed by atoms with Crippen LogP contribution in [0, 0.1) is 11.3 Å². The SMILES string of the molecule is COc1ccc(C(C#N)=Cc2ccc(C(C)(C)C)cc2)cc1. The molecule has 0 bridgehead atoms. The third-order valence-corrected chi connectivity index (χ3v) is 3.61. The van der Waals surface area contributed by atoms with Crippen LogP contribution < -0.4 is 4.74 Å². The molecular formula is C20H21NO. The summed E-state index contributed by atoms with van der Waals surface area (Å²) in [5, 5.41) is 9.40. The van der Waals surface area contributed by atoms with Crippen molar-refractivity contribution in [3.05, 3.63) is 65.2 Å². The van der Waals surface area contributed by atoms with Crippen molar-refractivity contribution in [1.82, 2.24) is 0 Å². The maximum atomic E-state index is 9.40. The smallest absolute Gasteiger partial charge is 0.118 e. The summed E-state index contributed by atoms with van der Waals surface area (Å²) in [6.45, 7) is 6.57. The number of hydrogen-bond donors (Lipinski definition) is 0. The van der Waals surface area contributed by atoms with Gasteiger partial charge in [-0.05, 0) is 52.4 Å². The third kappa shape index (κ3) is 3.77. The summed E-state index contributed by atoms with van der Waals surface area (Å²) in [4.78, 5) is 0. The van der Waals surface area contributed by atoms with Crippen LogP contribution in [-0.4, -0.2) is 7.11 Å². The van der Waals surface area contributed by atoms with Gasteiger partial charge >= 0.3 is 0 Å². The highest BCUT2D eigenvalue weighted by Crippen LogP contribution is 2.24. The van der Waals surface area contributed by atoms with Gasteiger partial charge in [-0.25, -0.2) is 0 Å². The molecule has 2 aromatic carbocycles. The summed E-state index contributed by atoms with van der Waals surface area (Å²) in [5.74, 6) is 0.788. The third-order valence-electron chi connectivity index (χ3n) is 3.61. The van der Waals surface area contributed by atoms with E-state index in [9.17, 15) is 5.26 Å². The van der Waals surface area contributed by atoms with Crippen molar-refractivity contribution in [2.24, 2.45) is 0 Å². The molecule has 0 spiro atoms. The summed E-state index contributed by atoms with van der Waals surface area (Å²) >= 11 is 0. The predicted octanol–water partition coefficient (Wildman–Crippen LogP) is 5.06. The van der Waals surface area contributed by atoms with Crippen LogP contribution in [0.1, 0.15) is 37.5 Å². The monoisotopic (exact) mass is 291 g/mol. The number of allylic oxidation sites excluding steroid dienone is 1. The molecule has 0 heterocycles. The van der Waals surface area contributed by atoms with Gasteiger partial charge in [-0.3, -0.25) is 0 Å². The minimum Gasteiger partial charge on any atom is -0.497 e. The van der Waals surface area contributed by atoms with E-state index in [2.05, 4.69) is 51.1 Å². The molecule has 2 rings (SSSR count). The Labute approximate surface area is 132 Å². The Morgan fingerprint density at radius 2 is 1.59 bits per heavy atom. The number of methoxy groups -OCH3 is 1. The van der Waals surface area contributed by atoms with Gasteiger partial charge in [0.25, 0.3) is 0 Å². The lowest BCUT2D eigenvalue weighted by atomic mass is 9.86. The Morgan fingerprint density at radius 3 is 2.05 bits per heavy atom. The Bertz CT molecular complexity index is 695. The second kappa shape index (κ2) is 6.49. The Kier molecular flexibility index (Phi) is 4.68. The van der Waals surface area contributed by atoms with Crippen LogP contribution in [0.15, 0.2) is 48.5 Å². The van der Waals surface area contributed by atoms with Gasteiger partial charge in [0.05, 0.1) is 18.8 Å². The molecule has 0 N–H and O–H groups in total. The first-order valence-electron chi connectivity index (χ1n) is 7.31. The van der Waals surface area contributed by atoms with E-state index in [0.29, 0.717) is 5.57 Å². The quantitative estimate of drug-likeness (QED) is 0.585. The van der Waals surface area contributed by atoms with Crippen LogP contribution in [0.2, 0.25) is 0 Å². The van der Waals surface area contributed by atoms with Crippen molar-refractivity contribution in [3.63, 3.8) is 0 Å². The van der Waals surface area contributed by atoms with Crippen LogP contribution in [0.4, 0.5) is 0 Å². The molecule has 22 heavy (non-hydrogen) atoms. The molecule has 0 aliphatic heterocycles. The van der Waals surface area contributed by atoms with Crippen molar-refractivity contribution in [2.75, 3.05) is 7.11 Å². The first kappa shape index (κ1) is 15.9. The van der Waals surface area contributed by atoms with Crippen molar-refractivity contribution < 1.29 is 4.74 Å². The molecule has 0 amide bonds. The molecule has 112 valence electrons. The Morgan fingerprint density at radius 1 is 1.00 bits per heavy atom. The van der Waals surface area contributed by atoms with E-state index in [1.54, 1.807) is 7.11 Å². The van der Waals surface area contributed by atoms with E-state index in [1.165, 1.54) is 5.56 Å². The number of nitriles is 1. The first-order chi connectivity index (χ1) is 10.4. The summed E-state index contributed by atoms with van der Waals surface area (Å²) in [7, 11) is 1.63. The highest BCUT2D eigenvalue weighted by atomic mass is 16.5. The number of ether oxygens (including phenoxy) is 1.